The minimum absolute atomic E-state index is 0.201. The molecule has 7 rings (SSSR count). The van der Waals surface area contributed by atoms with E-state index in [4.69, 9.17) is 0 Å². The molecule has 0 radical (unpaired) electrons. The molecule has 188 valence electrons. The van der Waals surface area contributed by atoms with Gasteiger partial charge in [0.1, 0.15) is 0 Å². The van der Waals surface area contributed by atoms with Gasteiger partial charge in [0.15, 0.2) is 0 Å². The quantitative estimate of drug-likeness (QED) is 0.268. The SMILES string of the molecule is Cc1cccc(C)c1Sc1cc2c3c(ccc2cc1C1CCC1)C1(CCCCCCC1)c1ccccc1-3. The molecule has 4 aromatic rings. The van der Waals surface area contributed by atoms with Crippen molar-refractivity contribution < 1.29 is 0 Å². The van der Waals surface area contributed by atoms with Crippen LogP contribution in [0, 0.1) is 13.8 Å². The van der Waals surface area contributed by atoms with Crippen molar-refractivity contribution in [3.63, 3.8) is 0 Å². The van der Waals surface area contributed by atoms with E-state index in [0.717, 1.165) is 0 Å². The Morgan fingerprint density at radius 2 is 1.43 bits per heavy atom. The number of fused-ring (bicyclic) bond motifs is 7. The van der Waals surface area contributed by atoms with E-state index in [1.54, 1.807) is 16.7 Å². The summed E-state index contributed by atoms with van der Waals surface area (Å²) in [6.07, 6.45) is 13.5. The van der Waals surface area contributed by atoms with E-state index in [1.807, 2.05) is 11.8 Å². The fourth-order valence-corrected chi connectivity index (χ4v) is 8.77. The zero-order valence-corrected chi connectivity index (χ0v) is 23.2. The maximum Gasteiger partial charge on any atom is 0.0215 e. The molecule has 2 fully saturated rings. The summed E-state index contributed by atoms with van der Waals surface area (Å²) in [7, 11) is 0. The zero-order valence-electron chi connectivity index (χ0n) is 22.4. The second-order valence-electron chi connectivity index (χ2n) is 11.9. The van der Waals surface area contributed by atoms with Crippen molar-refractivity contribution in [2.45, 2.75) is 99.2 Å². The van der Waals surface area contributed by atoms with E-state index >= 15 is 0 Å². The summed E-state index contributed by atoms with van der Waals surface area (Å²) in [5, 5.41) is 2.91. The lowest BCUT2D eigenvalue weighted by Crippen LogP contribution is -2.26. The molecule has 0 aromatic heterocycles. The Labute approximate surface area is 226 Å². The van der Waals surface area contributed by atoms with Crippen LogP contribution in [0.15, 0.2) is 76.5 Å². The van der Waals surface area contributed by atoms with Crippen molar-refractivity contribution in [3.8, 4) is 11.1 Å². The molecule has 0 amide bonds. The molecule has 0 unspecified atom stereocenters. The number of rotatable bonds is 3. The highest BCUT2D eigenvalue weighted by molar-refractivity contribution is 7.99. The first-order chi connectivity index (χ1) is 18.2. The monoisotopic (exact) mass is 502 g/mol. The van der Waals surface area contributed by atoms with Gasteiger partial charge in [-0.15, -0.1) is 0 Å². The first-order valence-electron chi connectivity index (χ1n) is 14.6. The van der Waals surface area contributed by atoms with Gasteiger partial charge >= 0.3 is 0 Å². The van der Waals surface area contributed by atoms with Gasteiger partial charge < -0.3 is 0 Å². The molecule has 3 aliphatic carbocycles. The van der Waals surface area contributed by atoms with E-state index in [0.29, 0.717) is 5.92 Å². The molecule has 1 spiro atoms. The molecule has 4 aromatic carbocycles. The number of aryl methyl sites for hydroxylation is 2. The van der Waals surface area contributed by atoms with Crippen LogP contribution in [0.2, 0.25) is 0 Å². The predicted octanol–water partition coefficient (Wildman–Crippen LogP) is 10.9. The molecular weight excluding hydrogens is 464 g/mol. The average Bonchev–Trinajstić information content (AvgIpc) is 3.13. The highest BCUT2D eigenvalue weighted by Gasteiger charge is 2.43. The van der Waals surface area contributed by atoms with Crippen LogP contribution in [0.3, 0.4) is 0 Å². The standard InChI is InChI=1S/C36H38S/c1-24-12-10-13-25(2)35(24)37-33-23-30-27(22-29(33)26-14-11-15-26)18-19-32-34(30)28-16-6-7-17-31(28)36(32)20-8-4-3-5-9-21-36/h6-7,10,12-13,16-19,22-23,26H,3-5,8-9,11,14-15,20-21H2,1-2H3. The van der Waals surface area contributed by atoms with Crippen LogP contribution in [0.4, 0.5) is 0 Å². The first kappa shape index (κ1) is 23.6. The van der Waals surface area contributed by atoms with Crippen molar-refractivity contribution in [1.82, 2.24) is 0 Å². The van der Waals surface area contributed by atoms with Crippen LogP contribution < -0.4 is 0 Å². The summed E-state index contributed by atoms with van der Waals surface area (Å²) < 4.78 is 0. The maximum atomic E-state index is 2.59. The number of hydrogen-bond acceptors (Lipinski definition) is 1. The van der Waals surface area contributed by atoms with Gasteiger partial charge in [-0.1, -0.05) is 105 Å². The van der Waals surface area contributed by atoms with Crippen LogP contribution >= 0.6 is 11.8 Å². The second kappa shape index (κ2) is 9.35. The summed E-state index contributed by atoms with van der Waals surface area (Å²) in [4.78, 5) is 2.92. The van der Waals surface area contributed by atoms with Gasteiger partial charge in [0, 0.05) is 15.2 Å². The summed E-state index contributed by atoms with van der Waals surface area (Å²) in [6, 6.07) is 26.3. The number of benzene rings is 4. The van der Waals surface area contributed by atoms with Crippen molar-refractivity contribution >= 4 is 22.5 Å². The zero-order chi connectivity index (χ0) is 25.0. The van der Waals surface area contributed by atoms with E-state index in [-0.39, 0.29) is 5.41 Å². The number of hydrogen-bond donors (Lipinski definition) is 0. The molecule has 3 aliphatic rings. The highest BCUT2D eigenvalue weighted by atomic mass is 32.2. The van der Waals surface area contributed by atoms with Gasteiger partial charge in [0.2, 0.25) is 0 Å². The molecule has 0 atom stereocenters. The molecule has 2 saturated carbocycles. The fraction of sp³-hybridized carbons (Fsp3) is 0.389. The van der Waals surface area contributed by atoms with E-state index in [2.05, 4.69) is 80.6 Å². The Morgan fingerprint density at radius 3 is 2.16 bits per heavy atom. The molecule has 0 heterocycles. The Kier molecular flexibility index (Phi) is 5.96. The van der Waals surface area contributed by atoms with Crippen molar-refractivity contribution in [2.75, 3.05) is 0 Å². The topological polar surface area (TPSA) is 0 Å². The third kappa shape index (κ3) is 3.80. The van der Waals surface area contributed by atoms with Crippen LogP contribution in [0.1, 0.15) is 97.9 Å². The fourth-order valence-electron chi connectivity index (χ4n) is 7.57. The van der Waals surface area contributed by atoms with Crippen LogP contribution in [-0.4, -0.2) is 0 Å². The molecule has 0 nitrogen and oxygen atoms in total. The lowest BCUT2D eigenvalue weighted by molar-refractivity contribution is 0.373. The Hall–Kier alpha value is -2.51. The van der Waals surface area contributed by atoms with Gasteiger partial charge in [-0.05, 0) is 107 Å². The van der Waals surface area contributed by atoms with E-state index < -0.39 is 0 Å². The minimum atomic E-state index is 0.201. The van der Waals surface area contributed by atoms with Crippen LogP contribution in [0.5, 0.6) is 0 Å². The van der Waals surface area contributed by atoms with Crippen LogP contribution in [0.25, 0.3) is 21.9 Å². The van der Waals surface area contributed by atoms with Crippen molar-refractivity contribution in [3.05, 3.63) is 94.5 Å². The molecular formula is C36H38S. The van der Waals surface area contributed by atoms with Gasteiger partial charge in [-0.2, -0.15) is 0 Å². The van der Waals surface area contributed by atoms with Gasteiger partial charge in [-0.25, -0.2) is 0 Å². The highest BCUT2D eigenvalue weighted by Crippen LogP contribution is 2.57. The molecule has 1 heteroatoms. The van der Waals surface area contributed by atoms with Gasteiger partial charge in [0.25, 0.3) is 0 Å². The van der Waals surface area contributed by atoms with Crippen molar-refractivity contribution in [2.24, 2.45) is 0 Å². The second-order valence-corrected chi connectivity index (χ2v) is 13.0. The van der Waals surface area contributed by atoms with Crippen LogP contribution in [-0.2, 0) is 5.41 Å². The van der Waals surface area contributed by atoms with E-state index in [9.17, 15) is 0 Å². The Bertz CT molecular complexity index is 1460. The summed E-state index contributed by atoms with van der Waals surface area (Å²) >= 11 is 2.02. The van der Waals surface area contributed by atoms with Gasteiger partial charge in [0.05, 0.1) is 0 Å². The molecule has 0 aliphatic heterocycles. The normalized spacial score (nSPS) is 18.8. The minimum Gasteiger partial charge on any atom is -0.0892 e. The lowest BCUT2D eigenvalue weighted by atomic mass is 9.69. The van der Waals surface area contributed by atoms with Crippen molar-refractivity contribution in [1.29, 1.82) is 0 Å². The third-order valence-corrected chi connectivity index (χ3v) is 11.2. The molecule has 0 N–H and O–H groups in total. The van der Waals surface area contributed by atoms with Gasteiger partial charge in [-0.3, -0.25) is 0 Å². The summed E-state index contributed by atoms with van der Waals surface area (Å²) in [5.41, 5.74) is 10.8. The summed E-state index contributed by atoms with van der Waals surface area (Å²) in [6.45, 7) is 4.54. The Morgan fingerprint density at radius 1 is 0.703 bits per heavy atom. The molecule has 0 saturated heterocycles. The summed E-state index contributed by atoms with van der Waals surface area (Å²) in [5.74, 6) is 0.716. The largest absolute Gasteiger partial charge is 0.0892 e. The molecule has 37 heavy (non-hydrogen) atoms. The molecule has 0 bridgehead atoms. The lowest BCUT2D eigenvalue weighted by Gasteiger charge is -2.34. The average molecular weight is 503 g/mol. The predicted molar refractivity (Wildman–Crippen MR) is 159 cm³/mol. The maximum absolute atomic E-state index is 2.59. The Balaban J connectivity index is 1.46. The smallest absolute Gasteiger partial charge is 0.0215 e. The first-order valence-corrected chi connectivity index (χ1v) is 15.4. The third-order valence-electron chi connectivity index (χ3n) is 9.75. The van der Waals surface area contributed by atoms with E-state index in [1.165, 1.54) is 107 Å².